The van der Waals surface area contributed by atoms with E-state index in [9.17, 15) is 5.11 Å². The van der Waals surface area contributed by atoms with Gasteiger partial charge in [0.05, 0.1) is 12.7 Å². The number of aliphatic hydroxyl groups is 1. The molecule has 0 bridgehead atoms. The van der Waals surface area contributed by atoms with Gasteiger partial charge in [-0.25, -0.2) is 0 Å². The Morgan fingerprint density at radius 3 is 2.94 bits per heavy atom. The highest BCUT2D eigenvalue weighted by Gasteiger charge is 2.04. The molecule has 0 saturated heterocycles. The van der Waals surface area contributed by atoms with Crippen molar-refractivity contribution in [3.8, 4) is 0 Å². The summed E-state index contributed by atoms with van der Waals surface area (Å²) in [4.78, 5) is 0. The summed E-state index contributed by atoms with van der Waals surface area (Å²) in [6.45, 7) is 6.99. The molecule has 0 spiro atoms. The van der Waals surface area contributed by atoms with E-state index in [0.29, 0.717) is 13.2 Å². The summed E-state index contributed by atoms with van der Waals surface area (Å²) in [6, 6.07) is 2.09. The molecule has 18 heavy (non-hydrogen) atoms. The van der Waals surface area contributed by atoms with Crippen LogP contribution in [0, 0.1) is 5.92 Å². The zero-order chi connectivity index (χ0) is 13.2. The van der Waals surface area contributed by atoms with Gasteiger partial charge >= 0.3 is 0 Å². The van der Waals surface area contributed by atoms with Gasteiger partial charge in [0.15, 0.2) is 0 Å². The van der Waals surface area contributed by atoms with Crippen LogP contribution in [0.1, 0.15) is 32.3 Å². The molecule has 0 radical (unpaired) electrons. The van der Waals surface area contributed by atoms with Crippen LogP contribution in [0.4, 0.5) is 0 Å². The van der Waals surface area contributed by atoms with E-state index in [4.69, 9.17) is 4.74 Å². The molecule has 0 aliphatic carbocycles. The number of rotatable bonds is 10. The van der Waals surface area contributed by atoms with E-state index in [1.54, 1.807) is 11.3 Å². The average Bonchev–Trinajstić information content (AvgIpc) is 2.81. The summed E-state index contributed by atoms with van der Waals surface area (Å²) in [5.74, 6) is 0.728. The second kappa shape index (κ2) is 9.50. The molecule has 104 valence electrons. The quantitative estimate of drug-likeness (QED) is 0.643. The maximum absolute atomic E-state index is 9.70. The SMILES string of the molecule is CC(C)CCCOCC(O)CNCc1ccsc1. The lowest BCUT2D eigenvalue weighted by atomic mass is 10.1. The van der Waals surface area contributed by atoms with Crippen LogP contribution in [0.2, 0.25) is 0 Å². The van der Waals surface area contributed by atoms with Gasteiger partial charge in [0.1, 0.15) is 0 Å². The first-order chi connectivity index (χ1) is 8.68. The molecule has 1 unspecified atom stereocenters. The van der Waals surface area contributed by atoms with Gasteiger partial charge in [0.25, 0.3) is 0 Å². The molecule has 1 aromatic heterocycles. The van der Waals surface area contributed by atoms with Gasteiger partial charge in [-0.15, -0.1) is 0 Å². The topological polar surface area (TPSA) is 41.5 Å². The van der Waals surface area contributed by atoms with Crippen LogP contribution in [0.5, 0.6) is 0 Å². The molecule has 1 aromatic rings. The lowest BCUT2D eigenvalue weighted by Crippen LogP contribution is -2.30. The molecular formula is C14H25NO2S. The highest BCUT2D eigenvalue weighted by atomic mass is 32.1. The monoisotopic (exact) mass is 271 g/mol. The van der Waals surface area contributed by atoms with Crippen molar-refractivity contribution >= 4 is 11.3 Å². The third kappa shape index (κ3) is 7.82. The summed E-state index contributed by atoms with van der Waals surface area (Å²) in [5, 5.41) is 17.1. The molecule has 2 N–H and O–H groups in total. The smallest absolute Gasteiger partial charge is 0.0897 e. The summed E-state index contributed by atoms with van der Waals surface area (Å²) >= 11 is 1.69. The molecule has 0 fully saturated rings. The average molecular weight is 271 g/mol. The highest BCUT2D eigenvalue weighted by Crippen LogP contribution is 2.05. The lowest BCUT2D eigenvalue weighted by molar-refractivity contribution is 0.0346. The van der Waals surface area contributed by atoms with Gasteiger partial charge in [-0.3, -0.25) is 0 Å². The molecule has 3 nitrogen and oxygen atoms in total. The lowest BCUT2D eigenvalue weighted by Gasteiger charge is -2.12. The molecule has 4 heteroatoms. The van der Waals surface area contributed by atoms with Crippen molar-refractivity contribution < 1.29 is 9.84 Å². The number of nitrogens with one attached hydrogen (secondary N) is 1. The predicted octanol–water partition coefficient (Wildman–Crippen LogP) is 2.65. The first kappa shape index (κ1) is 15.6. The van der Waals surface area contributed by atoms with Crippen LogP contribution < -0.4 is 5.32 Å². The predicted molar refractivity (Wildman–Crippen MR) is 76.9 cm³/mol. The highest BCUT2D eigenvalue weighted by molar-refractivity contribution is 7.07. The Kier molecular flexibility index (Phi) is 8.25. The normalized spacial score (nSPS) is 13.1. The van der Waals surface area contributed by atoms with Crippen molar-refractivity contribution in [1.29, 1.82) is 0 Å². The van der Waals surface area contributed by atoms with Crippen LogP contribution in [-0.4, -0.2) is 31.0 Å². The van der Waals surface area contributed by atoms with Crippen molar-refractivity contribution in [2.45, 2.75) is 39.3 Å². The van der Waals surface area contributed by atoms with E-state index in [-0.39, 0.29) is 0 Å². The maximum Gasteiger partial charge on any atom is 0.0897 e. The first-order valence-corrected chi connectivity index (χ1v) is 7.60. The zero-order valence-corrected chi connectivity index (χ0v) is 12.2. The fourth-order valence-electron chi connectivity index (χ4n) is 1.65. The van der Waals surface area contributed by atoms with Gasteiger partial charge in [0.2, 0.25) is 0 Å². The van der Waals surface area contributed by atoms with E-state index in [1.807, 2.05) is 0 Å². The van der Waals surface area contributed by atoms with E-state index >= 15 is 0 Å². The molecular weight excluding hydrogens is 246 g/mol. The Balaban J connectivity index is 1.92. The Hall–Kier alpha value is -0.420. The van der Waals surface area contributed by atoms with Crippen LogP contribution in [0.25, 0.3) is 0 Å². The zero-order valence-electron chi connectivity index (χ0n) is 11.4. The van der Waals surface area contributed by atoms with Crippen LogP contribution in [0.15, 0.2) is 16.8 Å². The minimum absolute atomic E-state index is 0.414. The Labute approximate surface area is 114 Å². The van der Waals surface area contributed by atoms with Crippen molar-refractivity contribution in [3.63, 3.8) is 0 Å². The van der Waals surface area contributed by atoms with Gasteiger partial charge in [-0.2, -0.15) is 11.3 Å². The fraction of sp³-hybridized carbons (Fsp3) is 0.714. The fourth-order valence-corrected chi connectivity index (χ4v) is 2.32. The molecule has 1 atom stereocenters. The number of ether oxygens (including phenoxy) is 1. The van der Waals surface area contributed by atoms with Crippen LogP contribution in [0.3, 0.4) is 0 Å². The Morgan fingerprint density at radius 2 is 2.28 bits per heavy atom. The number of hydrogen-bond acceptors (Lipinski definition) is 4. The third-order valence-corrected chi connectivity index (χ3v) is 3.40. The molecule has 1 rings (SSSR count). The molecule has 1 heterocycles. The van der Waals surface area contributed by atoms with Crippen molar-refractivity contribution in [2.24, 2.45) is 5.92 Å². The van der Waals surface area contributed by atoms with Crippen molar-refractivity contribution in [3.05, 3.63) is 22.4 Å². The molecule has 0 amide bonds. The molecule has 0 aromatic carbocycles. The van der Waals surface area contributed by atoms with Crippen LogP contribution >= 0.6 is 11.3 Å². The van der Waals surface area contributed by atoms with Crippen LogP contribution in [-0.2, 0) is 11.3 Å². The first-order valence-electron chi connectivity index (χ1n) is 6.66. The summed E-state index contributed by atoms with van der Waals surface area (Å²) in [6.07, 6.45) is 1.85. The third-order valence-electron chi connectivity index (χ3n) is 2.67. The van der Waals surface area contributed by atoms with Gasteiger partial charge in [0, 0.05) is 19.7 Å². The van der Waals surface area contributed by atoms with E-state index in [0.717, 1.165) is 25.5 Å². The molecule has 0 aliphatic rings. The van der Waals surface area contributed by atoms with Crippen molar-refractivity contribution in [1.82, 2.24) is 5.32 Å². The minimum Gasteiger partial charge on any atom is -0.389 e. The summed E-state index contributed by atoms with van der Waals surface area (Å²) in [5.41, 5.74) is 1.27. The standard InChI is InChI=1S/C14H25NO2S/c1-12(2)4-3-6-17-10-14(16)9-15-8-13-5-7-18-11-13/h5,7,11-12,14-16H,3-4,6,8-10H2,1-2H3. The summed E-state index contributed by atoms with van der Waals surface area (Å²) in [7, 11) is 0. The number of thiophene rings is 1. The largest absolute Gasteiger partial charge is 0.389 e. The van der Waals surface area contributed by atoms with Crippen molar-refractivity contribution in [2.75, 3.05) is 19.8 Å². The number of hydrogen-bond donors (Lipinski definition) is 2. The van der Waals surface area contributed by atoms with E-state index in [2.05, 4.69) is 36.0 Å². The Morgan fingerprint density at radius 1 is 1.44 bits per heavy atom. The molecule has 0 saturated carbocycles. The second-order valence-corrected chi connectivity index (χ2v) is 5.81. The van der Waals surface area contributed by atoms with Gasteiger partial charge in [-0.1, -0.05) is 13.8 Å². The maximum atomic E-state index is 9.70. The van der Waals surface area contributed by atoms with Gasteiger partial charge < -0.3 is 15.2 Å². The number of aliphatic hydroxyl groups excluding tert-OH is 1. The van der Waals surface area contributed by atoms with E-state index in [1.165, 1.54) is 12.0 Å². The second-order valence-electron chi connectivity index (χ2n) is 5.03. The van der Waals surface area contributed by atoms with Gasteiger partial charge in [-0.05, 0) is 41.1 Å². The summed E-state index contributed by atoms with van der Waals surface area (Å²) < 4.78 is 5.45. The molecule has 0 aliphatic heterocycles. The van der Waals surface area contributed by atoms with E-state index < -0.39 is 6.10 Å². The Bertz CT molecular complexity index is 288. The minimum atomic E-state index is -0.414.